The quantitative estimate of drug-likeness (QED) is 0.485. The molecule has 0 aliphatic carbocycles. The summed E-state index contributed by atoms with van der Waals surface area (Å²) >= 11 is 3.40. The van der Waals surface area contributed by atoms with E-state index in [1.54, 1.807) is 10.7 Å². The number of rotatable bonds is 5. The van der Waals surface area contributed by atoms with Gasteiger partial charge in [0, 0.05) is 10.2 Å². The second-order valence-corrected chi connectivity index (χ2v) is 7.24. The van der Waals surface area contributed by atoms with Crippen molar-refractivity contribution in [3.05, 3.63) is 99.0 Å². The van der Waals surface area contributed by atoms with E-state index in [4.69, 9.17) is 0 Å². The van der Waals surface area contributed by atoms with Gasteiger partial charge < -0.3 is 4.98 Å². The molecule has 29 heavy (non-hydrogen) atoms. The minimum atomic E-state index is -0.563. The molecule has 8 heteroatoms. The highest BCUT2D eigenvalue weighted by atomic mass is 79.9. The van der Waals surface area contributed by atoms with E-state index >= 15 is 0 Å². The number of pyridine rings is 1. The van der Waals surface area contributed by atoms with Crippen LogP contribution in [0, 0.1) is 0 Å². The molecule has 2 heterocycles. The zero-order valence-corrected chi connectivity index (χ0v) is 16.8. The van der Waals surface area contributed by atoms with E-state index in [1.807, 2.05) is 54.6 Å². The number of nitrogens with zero attached hydrogens (tertiary/aromatic N) is 3. The fraction of sp³-hybridized carbons (Fsp3) is 0.0476. The molecule has 0 radical (unpaired) electrons. The third kappa shape index (κ3) is 4.49. The van der Waals surface area contributed by atoms with Crippen molar-refractivity contribution in [3.63, 3.8) is 0 Å². The molecule has 1 amide bonds. The molecule has 4 rings (SSSR count). The first-order valence-corrected chi connectivity index (χ1v) is 9.62. The van der Waals surface area contributed by atoms with Crippen molar-refractivity contribution in [3.8, 4) is 11.3 Å². The van der Waals surface area contributed by atoms with Crippen LogP contribution in [0.3, 0.4) is 0 Å². The Labute approximate surface area is 174 Å². The van der Waals surface area contributed by atoms with Crippen LogP contribution >= 0.6 is 15.9 Å². The Hall–Kier alpha value is -3.52. The fourth-order valence-corrected chi connectivity index (χ4v) is 3.08. The number of aromatic amines is 1. The molecule has 7 nitrogen and oxygen atoms in total. The first-order chi connectivity index (χ1) is 14.1. The fourth-order valence-electron chi connectivity index (χ4n) is 2.81. The van der Waals surface area contributed by atoms with Gasteiger partial charge in [-0.2, -0.15) is 0 Å². The highest BCUT2D eigenvalue weighted by Crippen LogP contribution is 2.15. The molecule has 0 atom stereocenters. The summed E-state index contributed by atoms with van der Waals surface area (Å²) < 4.78 is 2.61. The molecule has 0 aliphatic rings. The largest absolute Gasteiger partial charge is 0.321 e. The van der Waals surface area contributed by atoms with Gasteiger partial charge in [-0.1, -0.05) is 58.4 Å². The lowest BCUT2D eigenvalue weighted by Crippen LogP contribution is -2.23. The summed E-state index contributed by atoms with van der Waals surface area (Å²) in [6.45, 7) is 0.516. The molecule has 0 aliphatic heterocycles. The maximum atomic E-state index is 12.5. The second kappa shape index (κ2) is 8.24. The number of hydrogen-bond acceptors (Lipinski definition) is 4. The number of nitrogens with one attached hydrogen (secondary N) is 2. The van der Waals surface area contributed by atoms with Gasteiger partial charge in [0.05, 0.1) is 6.54 Å². The molecule has 144 valence electrons. The third-order valence-corrected chi connectivity index (χ3v) is 4.79. The predicted molar refractivity (Wildman–Crippen MR) is 114 cm³/mol. The topological polar surface area (TPSA) is 92.7 Å². The molecule has 0 saturated heterocycles. The van der Waals surface area contributed by atoms with Gasteiger partial charge in [-0.25, -0.2) is 9.67 Å². The van der Waals surface area contributed by atoms with Crippen molar-refractivity contribution in [2.45, 2.75) is 6.54 Å². The molecule has 0 saturated carbocycles. The average Bonchev–Trinajstić information content (AvgIpc) is 3.17. The first-order valence-electron chi connectivity index (χ1n) is 8.82. The molecule has 0 bridgehead atoms. The highest BCUT2D eigenvalue weighted by Gasteiger charge is 2.14. The monoisotopic (exact) mass is 449 g/mol. The van der Waals surface area contributed by atoms with Crippen LogP contribution in [0.4, 0.5) is 5.95 Å². The lowest BCUT2D eigenvalue weighted by atomic mass is 10.1. The second-order valence-electron chi connectivity index (χ2n) is 6.33. The number of carbonyl (C=O) groups excluding carboxylic acids is 1. The van der Waals surface area contributed by atoms with Gasteiger partial charge in [-0.05, 0) is 35.4 Å². The van der Waals surface area contributed by atoms with Gasteiger partial charge in [-0.3, -0.25) is 14.9 Å². The van der Waals surface area contributed by atoms with Crippen LogP contribution in [0.25, 0.3) is 11.3 Å². The molecule has 2 aromatic carbocycles. The Balaban J connectivity index is 1.46. The van der Waals surface area contributed by atoms with Crippen molar-refractivity contribution in [2.75, 3.05) is 5.32 Å². The first kappa shape index (κ1) is 18.8. The average molecular weight is 450 g/mol. The van der Waals surface area contributed by atoms with Crippen molar-refractivity contribution < 1.29 is 4.79 Å². The number of aromatic nitrogens is 4. The van der Waals surface area contributed by atoms with E-state index in [0.29, 0.717) is 12.2 Å². The number of amides is 1. The maximum absolute atomic E-state index is 12.5. The van der Waals surface area contributed by atoms with E-state index in [2.05, 4.69) is 36.3 Å². The molecule has 0 spiro atoms. The van der Waals surface area contributed by atoms with Gasteiger partial charge >= 0.3 is 0 Å². The van der Waals surface area contributed by atoms with E-state index in [-0.39, 0.29) is 11.5 Å². The Bertz CT molecular complexity index is 1200. The summed E-state index contributed by atoms with van der Waals surface area (Å²) in [6, 6.07) is 20.4. The van der Waals surface area contributed by atoms with Crippen LogP contribution in [0.15, 0.2) is 82.3 Å². The minimum Gasteiger partial charge on any atom is -0.321 e. The Morgan fingerprint density at radius 3 is 2.52 bits per heavy atom. The van der Waals surface area contributed by atoms with Gasteiger partial charge in [0.1, 0.15) is 11.9 Å². The van der Waals surface area contributed by atoms with Crippen molar-refractivity contribution in [1.29, 1.82) is 0 Å². The summed E-state index contributed by atoms with van der Waals surface area (Å²) in [7, 11) is 0. The molecule has 2 aromatic heterocycles. The Kier molecular flexibility index (Phi) is 5.35. The molecular weight excluding hydrogens is 434 g/mol. The number of anilines is 1. The van der Waals surface area contributed by atoms with Gasteiger partial charge in [0.15, 0.2) is 0 Å². The normalized spacial score (nSPS) is 10.7. The lowest BCUT2D eigenvalue weighted by Gasteiger charge is -2.04. The minimum absolute atomic E-state index is 0.00561. The van der Waals surface area contributed by atoms with Gasteiger partial charge in [0.25, 0.3) is 11.5 Å². The standard InChI is InChI=1S/C21H16BrN5O2/c22-16-8-6-14(7-9-16)12-27-13-23-21(26-27)25-20(29)17-10-11-18(24-19(17)28)15-4-2-1-3-5-15/h1-11,13H,12H2,(H,24,28)(H,25,26,29). The summed E-state index contributed by atoms with van der Waals surface area (Å²) in [6.07, 6.45) is 1.53. The smallest absolute Gasteiger partial charge is 0.263 e. The summed E-state index contributed by atoms with van der Waals surface area (Å²) in [5.41, 5.74) is 2.07. The van der Waals surface area contributed by atoms with Crippen LogP contribution in [0.5, 0.6) is 0 Å². The van der Waals surface area contributed by atoms with Crippen LogP contribution in [-0.4, -0.2) is 25.7 Å². The van der Waals surface area contributed by atoms with Crippen molar-refractivity contribution in [2.24, 2.45) is 0 Å². The van der Waals surface area contributed by atoms with Gasteiger partial charge in [-0.15, -0.1) is 5.10 Å². The van der Waals surface area contributed by atoms with E-state index in [1.165, 1.54) is 12.4 Å². The molecular formula is C21H16BrN5O2. The van der Waals surface area contributed by atoms with Crippen LogP contribution in [0.2, 0.25) is 0 Å². The number of H-pyrrole nitrogens is 1. The van der Waals surface area contributed by atoms with Crippen LogP contribution in [0.1, 0.15) is 15.9 Å². The van der Waals surface area contributed by atoms with Gasteiger partial charge in [0.2, 0.25) is 5.95 Å². The lowest BCUT2D eigenvalue weighted by molar-refractivity contribution is 0.102. The number of hydrogen-bond donors (Lipinski definition) is 2. The van der Waals surface area contributed by atoms with Crippen LogP contribution in [-0.2, 0) is 6.54 Å². The number of carbonyl (C=O) groups is 1. The SMILES string of the molecule is O=C(Nc1ncn(Cc2ccc(Br)cc2)n1)c1ccc(-c2ccccc2)[nH]c1=O. The predicted octanol–water partition coefficient (Wildman–Crippen LogP) is 3.70. The van der Waals surface area contributed by atoms with E-state index < -0.39 is 11.5 Å². The highest BCUT2D eigenvalue weighted by molar-refractivity contribution is 9.10. The Morgan fingerprint density at radius 2 is 1.79 bits per heavy atom. The zero-order valence-electron chi connectivity index (χ0n) is 15.2. The summed E-state index contributed by atoms with van der Waals surface area (Å²) in [5, 5.41) is 6.80. The molecule has 2 N–H and O–H groups in total. The number of halogens is 1. The zero-order chi connectivity index (χ0) is 20.2. The molecule has 4 aromatic rings. The van der Waals surface area contributed by atoms with E-state index in [9.17, 15) is 9.59 Å². The molecule has 0 fully saturated rings. The number of benzene rings is 2. The summed E-state index contributed by atoms with van der Waals surface area (Å²) in [5.74, 6) is -0.425. The van der Waals surface area contributed by atoms with E-state index in [0.717, 1.165) is 15.6 Å². The molecule has 0 unspecified atom stereocenters. The summed E-state index contributed by atoms with van der Waals surface area (Å²) in [4.78, 5) is 31.6. The Morgan fingerprint density at radius 1 is 1.03 bits per heavy atom. The van der Waals surface area contributed by atoms with Crippen molar-refractivity contribution >= 4 is 27.8 Å². The van der Waals surface area contributed by atoms with Crippen molar-refractivity contribution in [1.82, 2.24) is 19.7 Å². The van der Waals surface area contributed by atoms with Crippen LogP contribution < -0.4 is 10.9 Å². The maximum Gasteiger partial charge on any atom is 0.263 e. The third-order valence-electron chi connectivity index (χ3n) is 4.26.